The molecule has 0 saturated heterocycles. The third kappa shape index (κ3) is 3.50. The Hall–Kier alpha value is -1.63. The van der Waals surface area contributed by atoms with Gasteiger partial charge in [0.15, 0.2) is 0 Å². The minimum absolute atomic E-state index is 0.00510. The van der Waals surface area contributed by atoms with Crippen LogP contribution in [0.2, 0.25) is 0 Å². The molecule has 1 amide bonds. The van der Waals surface area contributed by atoms with E-state index in [1.54, 1.807) is 7.05 Å². The summed E-state index contributed by atoms with van der Waals surface area (Å²) in [7, 11) is 1.80. The molecule has 1 heterocycles. The second-order valence-corrected chi connectivity index (χ2v) is 3.67. The Kier molecular flexibility index (Phi) is 4.24. The molecule has 2 unspecified atom stereocenters. The fraction of sp³-hybridized carbons (Fsp3) is 0.667. The number of carbonyl (C=O) groups excluding carboxylic acids is 1. The lowest BCUT2D eigenvalue weighted by Crippen LogP contribution is -2.24. The van der Waals surface area contributed by atoms with Gasteiger partial charge in [0.2, 0.25) is 11.8 Å². The Morgan fingerprint density at radius 2 is 2.19 bits per heavy atom. The first-order chi connectivity index (χ1) is 7.52. The van der Waals surface area contributed by atoms with Crippen LogP contribution in [0.25, 0.3) is 0 Å². The number of hydrogen-bond acceptors (Lipinski definition) is 6. The molecule has 0 aliphatic rings. The van der Waals surface area contributed by atoms with Gasteiger partial charge in [-0.15, -0.1) is 5.10 Å². The number of nitrogens with one attached hydrogen (secondary N) is 2. The molecule has 90 valence electrons. The summed E-state index contributed by atoms with van der Waals surface area (Å²) in [4.78, 5) is 10.7. The topological polar surface area (TPSA) is 106 Å². The molecule has 4 N–H and O–H groups in total. The smallest absolute Gasteiger partial charge is 0.315 e. The van der Waals surface area contributed by atoms with Crippen molar-refractivity contribution in [3.05, 3.63) is 5.89 Å². The first kappa shape index (κ1) is 12.4. The third-order valence-corrected chi connectivity index (χ3v) is 2.12. The zero-order chi connectivity index (χ0) is 12.1. The summed E-state index contributed by atoms with van der Waals surface area (Å²) in [5.74, 6) is 0.125. The lowest BCUT2D eigenvalue weighted by Gasteiger charge is -2.08. The quantitative estimate of drug-likeness (QED) is 0.633. The summed E-state index contributed by atoms with van der Waals surface area (Å²) < 4.78 is 5.34. The monoisotopic (exact) mass is 227 g/mol. The summed E-state index contributed by atoms with van der Waals surface area (Å²) in [6, 6.07) is 0.163. The van der Waals surface area contributed by atoms with E-state index in [0.717, 1.165) is 0 Å². The molecule has 0 aliphatic heterocycles. The van der Waals surface area contributed by atoms with E-state index >= 15 is 0 Å². The molecule has 0 radical (unpaired) electrons. The van der Waals surface area contributed by atoms with Gasteiger partial charge in [0.05, 0.1) is 6.04 Å². The highest BCUT2D eigenvalue weighted by Crippen LogP contribution is 2.13. The average molecular weight is 227 g/mol. The molecule has 7 nitrogen and oxygen atoms in total. The van der Waals surface area contributed by atoms with Gasteiger partial charge in [-0.25, -0.2) is 0 Å². The minimum Gasteiger partial charge on any atom is -0.406 e. The van der Waals surface area contributed by atoms with Crippen LogP contribution in [0.4, 0.5) is 6.01 Å². The maximum Gasteiger partial charge on any atom is 0.315 e. The molecule has 1 rings (SSSR count). The van der Waals surface area contributed by atoms with Gasteiger partial charge in [0, 0.05) is 12.5 Å². The average Bonchev–Trinajstić information content (AvgIpc) is 2.63. The van der Waals surface area contributed by atoms with Crippen molar-refractivity contribution < 1.29 is 9.21 Å². The van der Waals surface area contributed by atoms with Gasteiger partial charge in [-0.3, -0.25) is 4.79 Å². The van der Waals surface area contributed by atoms with E-state index < -0.39 is 0 Å². The third-order valence-electron chi connectivity index (χ3n) is 2.12. The Bertz CT molecular complexity index is 351. The van der Waals surface area contributed by atoms with Gasteiger partial charge < -0.3 is 20.8 Å². The van der Waals surface area contributed by atoms with Crippen molar-refractivity contribution in [1.29, 1.82) is 0 Å². The van der Waals surface area contributed by atoms with Crippen molar-refractivity contribution in [3.8, 4) is 0 Å². The van der Waals surface area contributed by atoms with E-state index in [1.165, 1.54) is 0 Å². The number of anilines is 1. The number of aromatic nitrogens is 2. The Morgan fingerprint density at radius 3 is 2.75 bits per heavy atom. The molecule has 0 spiro atoms. The van der Waals surface area contributed by atoms with Gasteiger partial charge in [-0.1, -0.05) is 5.10 Å². The van der Waals surface area contributed by atoms with Crippen LogP contribution in [0, 0.1) is 0 Å². The van der Waals surface area contributed by atoms with Crippen LogP contribution in [0.3, 0.4) is 0 Å². The summed E-state index contributed by atoms with van der Waals surface area (Å²) in [5.41, 5.74) is 5.07. The standard InChI is InChI=1S/C9H17N5O2/c1-5(4-7(10)15)12-9-14-13-8(16-9)6(2)11-3/h5-6,11H,4H2,1-3H3,(H2,10,15)(H,12,14). The van der Waals surface area contributed by atoms with E-state index in [4.69, 9.17) is 10.2 Å². The predicted octanol–water partition coefficient (Wildman–Crippen LogP) is 0.0258. The van der Waals surface area contributed by atoms with E-state index in [0.29, 0.717) is 11.9 Å². The van der Waals surface area contributed by atoms with Gasteiger partial charge in [-0.05, 0) is 20.9 Å². The lowest BCUT2D eigenvalue weighted by atomic mass is 10.2. The predicted molar refractivity (Wildman–Crippen MR) is 58.7 cm³/mol. The zero-order valence-electron chi connectivity index (χ0n) is 9.65. The van der Waals surface area contributed by atoms with Crippen LogP contribution in [-0.4, -0.2) is 29.2 Å². The summed E-state index contributed by atoms with van der Waals surface area (Å²) in [6.45, 7) is 3.72. The number of primary amides is 1. The number of nitrogens with two attached hydrogens (primary N) is 1. The Labute approximate surface area is 93.8 Å². The van der Waals surface area contributed by atoms with Crippen molar-refractivity contribution in [2.24, 2.45) is 5.73 Å². The van der Waals surface area contributed by atoms with Crippen molar-refractivity contribution in [1.82, 2.24) is 15.5 Å². The van der Waals surface area contributed by atoms with Crippen LogP contribution in [-0.2, 0) is 4.79 Å². The summed E-state index contributed by atoms with van der Waals surface area (Å²) in [6.07, 6.45) is 0.222. The van der Waals surface area contributed by atoms with Gasteiger partial charge in [-0.2, -0.15) is 0 Å². The van der Waals surface area contributed by atoms with E-state index in [1.807, 2.05) is 13.8 Å². The zero-order valence-corrected chi connectivity index (χ0v) is 9.65. The second kappa shape index (κ2) is 5.45. The van der Waals surface area contributed by atoms with Crippen molar-refractivity contribution in [2.75, 3.05) is 12.4 Å². The maximum absolute atomic E-state index is 10.7. The van der Waals surface area contributed by atoms with Crippen LogP contribution in [0.1, 0.15) is 32.2 Å². The molecule has 0 saturated carbocycles. The van der Waals surface area contributed by atoms with Crippen LogP contribution < -0.4 is 16.4 Å². The maximum atomic E-state index is 10.7. The SMILES string of the molecule is CNC(C)c1nnc(NC(C)CC(N)=O)o1. The van der Waals surface area contributed by atoms with Crippen LogP contribution in [0.15, 0.2) is 4.42 Å². The summed E-state index contributed by atoms with van der Waals surface area (Å²) >= 11 is 0. The Balaban J connectivity index is 2.54. The van der Waals surface area contributed by atoms with Crippen LogP contribution in [0.5, 0.6) is 0 Å². The Morgan fingerprint density at radius 1 is 1.50 bits per heavy atom. The van der Waals surface area contributed by atoms with Crippen molar-refractivity contribution >= 4 is 11.9 Å². The fourth-order valence-electron chi connectivity index (χ4n) is 1.15. The van der Waals surface area contributed by atoms with E-state index in [2.05, 4.69) is 20.8 Å². The van der Waals surface area contributed by atoms with Gasteiger partial charge in [0.1, 0.15) is 0 Å². The summed E-state index contributed by atoms with van der Waals surface area (Å²) in [5, 5.41) is 13.6. The normalized spacial score (nSPS) is 14.4. The first-order valence-corrected chi connectivity index (χ1v) is 5.08. The fourth-order valence-corrected chi connectivity index (χ4v) is 1.15. The molecule has 0 aliphatic carbocycles. The molecule has 1 aromatic heterocycles. The highest BCUT2D eigenvalue weighted by atomic mass is 16.4. The number of carbonyl (C=O) groups is 1. The second-order valence-electron chi connectivity index (χ2n) is 3.67. The molecule has 0 aromatic carbocycles. The largest absolute Gasteiger partial charge is 0.406 e. The highest BCUT2D eigenvalue weighted by Gasteiger charge is 2.14. The van der Waals surface area contributed by atoms with Gasteiger partial charge >= 0.3 is 6.01 Å². The number of nitrogens with zero attached hydrogens (tertiary/aromatic N) is 2. The van der Waals surface area contributed by atoms with E-state index in [-0.39, 0.29) is 24.4 Å². The molecule has 0 fully saturated rings. The molecule has 1 aromatic rings. The lowest BCUT2D eigenvalue weighted by molar-refractivity contribution is -0.118. The number of hydrogen-bond donors (Lipinski definition) is 3. The first-order valence-electron chi connectivity index (χ1n) is 5.08. The molecular formula is C9H17N5O2. The molecule has 2 atom stereocenters. The molecule has 0 bridgehead atoms. The number of rotatable bonds is 6. The van der Waals surface area contributed by atoms with Gasteiger partial charge in [0.25, 0.3) is 0 Å². The van der Waals surface area contributed by atoms with Crippen LogP contribution >= 0.6 is 0 Å². The molecule has 16 heavy (non-hydrogen) atoms. The highest BCUT2D eigenvalue weighted by molar-refractivity contribution is 5.74. The molecular weight excluding hydrogens is 210 g/mol. The van der Waals surface area contributed by atoms with Crippen molar-refractivity contribution in [2.45, 2.75) is 32.4 Å². The number of amides is 1. The van der Waals surface area contributed by atoms with E-state index in [9.17, 15) is 4.79 Å². The molecule has 7 heteroatoms. The minimum atomic E-state index is -0.372. The van der Waals surface area contributed by atoms with Crippen molar-refractivity contribution in [3.63, 3.8) is 0 Å².